The fraction of sp³-hybridized carbons (Fsp3) is 0.526. The van der Waals surface area contributed by atoms with Crippen LogP contribution in [0.3, 0.4) is 0 Å². The Balaban J connectivity index is 1.45. The number of nitrogens with zero attached hydrogens (tertiary/aromatic N) is 3. The first kappa shape index (κ1) is 16.1. The number of hydrogen-bond acceptors (Lipinski definition) is 4. The van der Waals surface area contributed by atoms with Gasteiger partial charge in [-0.15, -0.1) is 0 Å². The Hall–Kier alpha value is -2.37. The Morgan fingerprint density at radius 3 is 2.60 bits per heavy atom. The van der Waals surface area contributed by atoms with E-state index in [9.17, 15) is 4.79 Å². The summed E-state index contributed by atoms with van der Waals surface area (Å²) in [6.45, 7) is 0. The highest BCUT2D eigenvalue weighted by Gasteiger charge is 2.21. The van der Waals surface area contributed by atoms with E-state index in [0.717, 1.165) is 24.5 Å². The Morgan fingerprint density at radius 1 is 1.04 bits per heavy atom. The highest BCUT2D eigenvalue weighted by molar-refractivity contribution is 6.04. The van der Waals surface area contributed by atoms with E-state index < -0.39 is 0 Å². The smallest absolute Gasteiger partial charge is 0.256 e. The highest BCUT2D eigenvalue weighted by atomic mass is 16.1. The molecule has 2 aliphatic carbocycles. The lowest BCUT2D eigenvalue weighted by molar-refractivity contribution is 0.102. The molecule has 2 aromatic rings. The lowest BCUT2D eigenvalue weighted by Crippen LogP contribution is -2.19. The Kier molecular flexibility index (Phi) is 4.68. The van der Waals surface area contributed by atoms with Crippen molar-refractivity contribution in [1.29, 1.82) is 0 Å². The van der Waals surface area contributed by atoms with Gasteiger partial charge in [0, 0.05) is 23.9 Å². The maximum Gasteiger partial charge on any atom is 0.256 e. The van der Waals surface area contributed by atoms with Gasteiger partial charge in [0.25, 0.3) is 5.91 Å². The van der Waals surface area contributed by atoms with Crippen molar-refractivity contribution in [2.24, 2.45) is 0 Å². The van der Waals surface area contributed by atoms with Gasteiger partial charge in [-0.2, -0.15) is 5.10 Å². The fourth-order valence-corrected chi connectivity index (χ4v) is 3.97. The first-order valence-electron chi connectivity index (χ1n) is 9.37. The molecular weight excluding hydrogens is 314 g/mol. The van der Waals surface area contributed by atoms with Gasteiger partial charge in [-0.1, -0.05) is 25.7 Å². The predicted octanol–water partition coefficient (Wildman–Crippen LogP) is 4.00. The molecule has 4 rings (SSSR count). The van der Waals surface area contributed by atoms with E-state index in [1.807, 2.05) is 16.8 Å². The van der Waals surface area contributed by atoms with Gasteiger partial charge in [-0.05, 0) is 37.8 Å². The molecule has 0 atom stereocenters. The van der Waals surface area contributed by atoms with Gasteiger partial charge in [0.1, 0.15) is 11.6 Å². The summed E-state index contributed by atoms with van der Waals surface area (Å²) in [6.07, 6.45) is 13.1. The summed E-state index contributed by atoms with van der Waals surface area (Å²) in [6, 6.07) is 6.35. The molecule has 6 heteroatoms. The molecule has 6 nitrogen and oxygen atoms in total. The summed E-state index contributed by atoms with van der Waals surface area (Å²) in [5.74, 6) is 1.44. The zero-order valence-electron chi connectivity index (χ0n) is 14.4. The van der Waals surface area contributed by atoms with Gasteiger partial charge in [0.15, 0.2) is 0 Å². The molecule has 0 bridgehead atoms. The molecule has 2 aliphatic rings. The zero-order valence-corrected chi connectivity index (χ0v) is 14.4. The minimum absolute atomic E-state index is 0.114. The van der Waals surface area contributed by atoms with Crippen LogP contribution in [0.1, 0.15) is 67.8 Å². The predicted molar refractivity (Wildman–Crippen MR) is 97.8 cm³/mol. The number of aromatic nitrogens is 3. The van der Waals surface area contributed by atoms with Gasteiger partial charge in [0.2, 0.25) is 0 Å². The van der Waals surface area contributed by atoms with Crippen LogP contribution < -0.4 is 10.6 Å². The third-order valence-corrected chi connectivity index (χ3v) is 5.31. The minimum atomic E-state index is -0.114. The van der Waals surface area contributed by atoms with Crippen LogP contribution >= 0.6 is 0 Å². The molecule has 2 aromatic heterocycles. The van der Waals surface area contributed by atoms with Crippen molar-refractivity contribution in [1.82, 2.24) is 14.8 Å². The number of carbonyl (C=O) groups excluding carboxylic acids is 1. The van der Waals surface area contributed by atoms with Crippen molar-refractivity contribution < 1.29 is 4.79 Å². The first-order valence-corrected chi connectivity index (χ1v) is 9.37. The lowest BCUT2D eigenvalue weighted by atomic mass is 10.2. The molecule has 0 radical (unpaired) electrons. The number of carbonyl (C=O) groups is 1. The fourth-order valence-electron chi connectivity index (χ4n) is 3.97. The second-order valence-corrected chi connectivity index (χ2v) is 7.11. The number of anilines is 2. The van der Waals surface area contributed by atoms with Gasteiger partial charge >= 0.3 is 0 Å². The summed E-state index contributed by atoms with van der Waals surface area (Å²) in [5, 5.41) is 10.9. The maximum absolute atomic E-state index is 12.7. The van der Waals surface area contributed by atoms with Crippen LogP contribution in [0.15, 0.2) is 30.6 Å². The molecule has 0 unspecified atom stereocenters. The number of pyridine rings is 1. The quantitative estimate of drug-likeness (QED) is 0.863. The molecule has 0 saturated heterocycles. The van der Waals surface area contributed by atoms with Crippen molar-refractivity contribution in [2.45, 2.75) is 63.5 Å². The Labute approximate surface area is 148 Å². The topological polar surface area (TPSA) is 71.8 Å². The minimum Gasteiger partial charge on any atom is -0.367 e. The summed E-state index contributed by atoms with van der Waals surface area (Å²) in [4.78, 5) is 17.0. The first-order chi connectivity index (χ1) is 12.3. The van der Waals surface area contributed by atoms with Crippen LogP contribution in [0.25, 0.3) is 0 Å². The van der Waals surface area contributed by atoms with Crippen molar-refractivity contribution >= 4 is 17.5 Å². The van der Waals surface area contributed by atoms with Gasteiger partial charge in [-0.3, -0.25) is 4.79 Å². The molecule has 0 aromatic carbocycles. The van der Waals surface area contributed by atoms with E-state index in [-0.39, 0.29) is 5.91 Å². The molecule has 2 fully saturated rings. The summed E-state index contributed by atoms with van der Waals surface area (Å²) >= 11 is 0. The van der Waals surface area contributed by atoms with Crippen molar-refractivity contribution in [3.63, 3.8) is 0 Å². The molecule has 2 N–H and O–H groups in total. The van der Waals surface area contributed by atoms with Gasteiger partial charge in [0.05, 0.1) is 12.2 Å². The van der Waals surface area contributed by atoms with E-state index in [2.05, 4.69) is 20.7 Å². The van der Waals surface area contributed by atoms with Crippen LogP contribution in [0.2, 0.25) is 0 Å². The number of rotatable bonds is 5. The summed E-state index contributed by atoms with van der Waals surface area (Å²) in [5.41, 5.74) is 0.620. The van der Waals surface area contributed by atoms with E-state index in [4.69, 9.17) is 0 Å². The van der Waals surface area contributed by atoms with Crippen molar-refractivity contribution in [3.8, 4) is 0 Å². The summed E-state index contributed by atoms with van der Waals surface area (Å²) in [7, 11) is 0. The third-order valence-electron chi connectivity index (χ3n) is 5.31. The van der Waals surface area contributed by atoms with E-state index in [1.165, 1.54) is 38.5 Å². The van der Waals surface area contributed by atoms with Crippen LogP contribution in [-0.4, -0.2) is 26.7 Å². The van der Waals surface area contributed by atoms with Gasteiger partial charge < -0.3 is 10.6 Å². The molecule has 1 amide bonds. The number of amides is 1. The van der Waals surface area contributed by atoms with E-state index in [0.29, 0.717) is 17.6 Å². The Bertz CT molecular complexity index is 729. The number of nitrogens with one attached hydrogen (secondary N) is 2. The molecule has 2 saturated carbocycles. The lowest BCUT2D eigenvalue weighted by Gasteiger charge is -2.15. The second-order valence-electron chi connectivity index (χ2n) is 7.11. The Morgan fingerprint density at radius 2 is 1.80 bits per heavy atom. The van der Waals surface area contributed by atoms with Crippen LogP contribution in [0, 0.1) is 0 Å². The zero-order chi connectivity index (χ0) is 17.1. The average molecular weight is 339 g/mol. The monoisotopic (exact) mass is 339 g/mol. The standard InChI is InChI=1S/C19H25N5O/c25-19(23-18-10-12-21-24(18)16-7-3-4-8-16)14-9-11-20-17(13-14)22-15-5-1-2-6-15/h9-13,15-16H,1-8H2,(H,20,22)(H,23,25). The molecule has 0 aliphatic heterocycles. The SMILES string of the molecule is O=C(Nc1ccnn1C1CCCC1)c1ccnc(NC2CCCC2)c1. The molecule has 132 valence electrons. The molecule has 0 spiro atoms. The normalized spacial score (nSPS) is 18.6. The second kappa shape index (κ2) is 7.25. The molecule has 2 heterocycles. The van der Waals surface area contributed by atoms with E-state index in [1.54, 1.807) is 18.5 Å². The van der Waals surface area contributed by atoms with Crippen LogP contribution in [0.4, 0.5) is 11.6 Å². The van der Waals surface area contributed by atoms with Gasteiger partial charge in [-0.25, -0.2) is 9.67 Å². The highest BCUT2D eigenvalue weighted by Crippen LogP contribution is 2.31. The van der Waals surface area contributed by atoms with Crippen molar-refractivity contribution in [2.75, 3.05) is 10.6 Å². The van der Waals surface area contributed by atoms with Crippen LogP contribution in [0.5, 0.6) is 0 Å². The molecule has 25 heavy (non-hydrogen) atoms. The number of hydrogen-bond donors (Lipinski definition) is 2. The van der Waals surface area contributed by atoms with E-state index >= 15 is 0 Å². The molecular formula is C19H25N5O. The maximum atomic E-state index is 12.7. The summed E-state index contributed by atoms with van der Waals surface area (Å²) < 4.78 is 1.96. The largest absolute Gasteiger partial charge is 0.367 e. The van der Waals surface area contributed by atoms with Crippen LogP contribution in [-0.2, 0) is 0 Å². The third kappa shape index (κ3) is 3.67. The average Bonchev–Trinajstić information content (AvgIpc) is 3.37. The van der Waals surface area contributed by atoms with Crippen molar-refractivity contribution in [3.05, 3.63) is 36.2 Å².